The van der Waals surface area contributed by atoms with E-state index in [0.29, 0.717) is 45.5 Å². The number of nitrogens with zero attached hydrogens (tertiary/aromatic N) is 1. The van der Waals surface area contributed by atoms with Gasteiger partial charge in [0.25, 0.3) is 5.91 Å². The lowest BCUT2D eigenvalue weighted by molar-refractivity contribution is -0.117. The minimum absolute atomic E-state index is 0.224. The van der Waals surface area contributed by atoms with Gasteiger partial charge in [-0.2, -0.15) is 5.10 Å². The second-order valence-electron chi connectivity index (χ2n) is 8.13. The molecule has 4 aromatic rings. The molecule has 1 aromatic heterocycles. The summed E-state index contributed by atoms with van der Waals surface area (Å²) in [6.07, 6.45) is 1.34. The van der Waals surface area contributed by atoms with Gasteiger partial charge >= 0.3 is 0 Å². The fourth-order valence-corrected chi connectivity index (χ4v) is 4.14. The molecule has 0 saturated carbocycles. The van der Waals surface area contributed by atoms with E-state index in [9.17, 15) is 9.59 Å². The van der Waals surface area contributed by atoms with Crippen molar-refractivity contribution in [2.45, 2.75) is 25.7 Å². The van der Waals surface area contributed by atoms with Crippen LogP contribution >= 0.6 is 23.2 Å². The summed E-state index contributed by atoms with van der Waals surface area (Å²) in [6.45, 7) is 2.39. The normalized spacial score (nSPS) is 11.9. The van der Waals surface area contributed by atoms with Gasteiger partial charge in [-0.1, -0.05) is 48.3 Å². The molecule has 1 heterocycles. The van der Waals surface area contributed by atoms with Gasteiger partial charge in [-0.05, 0) is 73.0 Å². The number of aromatic nitrogens is 2. The number of hydrogen-bond donors (Lipinski definition) is 4. The number of carbonyl (C=O) groups excluding carboxylic acids is 2. The Hall–Kier alpha value is -3.39. The van der Waals surface area contributed by atoms with E-state index >= 15 is 0 Å². The Morgan fingerprint density at radius 3 is 2.46 bits per heavy atom. The number of benzene rings is 3. The lowest BCUT2D eigenvalue weighted by Gasteiger charge is -2.17. The summed E-state index contributed by atoms with van der Waals surface area (Å²) >= 11 is 12.2. The van der Waals surface area contributed by atoms with Crippen LogP contribution in [-0.4, -0.2) is 28.6 Å². The third-order valence-electron chi connectivity index (χ3n) is 5.80. The summed E-state index contributed by atoms with van der Waals surface area (Å²) in [4.78, 5) is 25.9. The topological polar surface area (TPSA) is 113 Å². The molecule has 0 aliphatic carbocycles. The van der Waals surface area contributed by atoms with Crippen molar-refractivity contribution in [2.24, 2.45) is 5.73 Å². The van der Waals surface area contributed by atoms with Crippen LogP contribution in [0.3, 0.4) is 0 Å². The number of anilines is 2. The van der Waals surface area contributed by atoms with Crippen molar-refractivity contribution in [3.63, 3.8) is 0 Å². The Morgan fingerprint density at radius 1 is 1.00 bits per heavy atom. The molecule has 35 heavy (non-hydrogen) atoms. The van der Waals surface area contributed by atoms with E-state index in [1.807, 2.05) is 12.1 Å². The van der Waals surface area contributed by atoms with E-state index in [-0.39, 0.29) is 11.8 Å². The average Bonchev–Trinajstić information content (AvgIpc) is 3.26. The van der Waals surface area contributed by atoms with Crippen LogP contribution in [0, 0.1) is 0 Å². The monoisotopic (exact) mass is 509 g/mol. The number of nitrogens with two attached hydrogens (primary N) is 1. The minimum atomic E-state index is -0.500. The van der Waals surface area contributed by atoms with E-state index in [4.69, 9.17) is 28.9 Å². The molecule has 0 aliphatic heterocycles. The van der Waals surface area contributed by atoms with Crippen molar-refractivity contribution in [2.75, 3.05) is 17.2 Å². The predicted octanol–water partition coefficient (Wildman–Crippen LogP) is 5.76. The molecule has 0 fully saturated rings. The summed E-state index contributed by atoms with van der Waals surface area (Å²) < 4.78 is 0. The molecule has 9 heteroatoms. The van der Waals surface area contributed by atoms with Gasteiger partial charge in [0, 0.05) is 16.6 Å². The molecule has 5 N–H and O–H groups in total. The van der Waals surface area contributed by atoms with Crippen molar-refractivity contribution in [1.82, 2.24) is 10.2 Å². The minimum Gasteiger partial charge on any atom is -0.330 e. The quantitative estimate of drug-likeness (QED) is 0.242. The van der Waals surface area contributed by atoms with E-state index in [1.165, 1.54) is 0 Å². The molecule has 7 nitrogen and oxygen atoms in total. The second-order valence-corrected chi connectivity index (χ2v) is 8.94. The zero-order chi connectivity index (χ0) is 24.9. The van der Waals surface area contributed by atoms with E-state index in [1.54, 1.807) is 48.5 Å². The van der Waals surface area contributed by atoms with Crippen molar-refractivity contribution in [3.8, 4) is 0 Å². The Bertz CT molecular complexity index is 1370. The number of carbonyl (C=O) groups is 2. The van der Waals surface area contributed by atoms with Gasteiger partial charge in [0.05, 0.1) is 21.5 Å². The first-order chi connectivity index (χ1) is 16.9. The lowest BCUT2D eigenvalue weighted by atomic mass is 9.94. The molecule has 0 spiro atoms. The van der Waals surface area contributed by atoms with Gasteiger partial charge in [-0.3, -0.25) is 14.7 Å². The Morgan fingerprint density at radius 2 is 1.77 bits per heavy atom. The van der Waals surface area contributed by atoms with Crippen molar-refractivity contribution in [3.05, 3.63) is 87.4 Å². The summed E-state index contributed by atoms with van der Waals surface area (Å²) in [5.41, 5.74) is 9.47. The highest BCUT2D eigenvalue weighted by molar-refractivity contribution is 6.42. The number of hydrogen-bond acceptors (Lipinski definition) is 4. The molecule has 2 amide bonds. The summed E-state index contributed by atoms with van der Waals surface area (Å²) in [5.74, 6) is -0.611. The standard InChI is InChI=1S/C26H25Cl2N5O2/c1-2-15-3-5-16(6-4-15)25(34)31-24-20-14-18(8-10-23(20)32-33-24)30-26(35)19(11-12-29)17-7-9-21(27)22(28)13-17/h3-10,13-14,19H,2,11-12,29H2,1H3,(H,30,35)(H2,31,32,33,34). The van der Waals surface area contributed by atoms with Crippen LogP contribution in [-0.2, 0) is 11.2 Å². The molecule has 0 saturated heterocycles. The third kappa shape index (κ3) is 5.65. The van der Waals surface area contributed by atoms with Gasteiger partial charge in [0.15, 0.2) is 5.82 Å². The number of rotatable bonds is 8. The average molecular weight is 510 g/mol. The fraction of sp³-hybridized carbons (Fsp3) is 0.192. The number of fused-ring (bicyclic) bond motifs is 1. The largest absolute Gasteiger partial charge is 0.330 e. The SMILES string of the molecule is CCc1ccc(C(=O)Nc2n[nH]c3ccc(NC(=O)C(CCN)c4ccc(Cl)c(Cl)c4)cc23)cc1. The Balaban J connectivity index is 1.54. The maximum atomic E-state index is 13.1. The van der Waals surface area contributed by atoms with Crippen LogP contribution in [0.15, 0.2) is 60.7 Å². The number of H-pyrrole nitrogens is 1. The lowest BCUT2D eigenvalue weighted by Crippen LogP contribution is -2.23. The van der Waals surface area contributed by atoms with Crippen LogP contribution in [0.25, 0.3) is 10.9 Å². The maximum Gasteiger partial charge on any atom is 0.256 e. The van der Waals surface area contributed by atoms with Crippen LogP contribution in [0.4, 0.5) is 11.5 Å². The highest BCUT2D eigenvalue weighted by Gasteiger charge is 2.21. The Kier molecular flexibility index (Phi) is 7.70. The summed E-state index contributed by atoms with van der Waals surface area (Å²) in [7, 11) is 0. The van der Waals surface area contributed by atoms with Gasteiger partial charge in [-0.15, -0.1) is 0 Å². The van der Waals surface area contributed by atoms with Crippen molar-refractivity contribution < 1.29 is 9.59 Å². The third-order valence-corrected chi connectivity index (χ3v) is 6.54. The molecule has 1 atom stereocenters. The first-order valence-corrected chi connectivity index (χ1v) is 12.0. The predicted molar refractivity (Wildman–Crippen MR) is 141 cm³/mol. The number of aryl methyl sites for hydroxylation is 1. The van der Waals surface area contributed by atoms with E-state index < -0.39 is 5.92 Å². The van der Waals surface area contributed by atoms with Crippen LogP contribution < -0.4 is 16.4 Å². The van der Waals surface area contributed by atoms with Crippen LogP contribution in [0.5, 0.6) is 0 Å². The summed E-state index contributed by atoms with van der Waals surface area (Å²) in [6, 6.07) is 17.9. The number of nitrogens with one attached hydrogen (secondary N) is 3. The molecule has 0 bridgehead atoms. The zero-order valence-electron chi connectivity index (χ0n) is 19.1. The smallest absolute Gasteiger partial charge is 0.256 e. The van der Waals surface area contributed by atoms with Gasteiger partial charge < -0.3 is 16.4 Å². The molecular weight excluding hydrogens is 485 g/mol. The molecule has 1 unspecified atom stereocenters. The summed E-state index contributed by atoms with van der Waals surface area (Å²) in [5, 5.41) is 14.4. The number of halogens is 2. The first-order valence-electron chi connectivity index (χ1n) is 11.2. The highest BCUT2D eigenvalue weighted by Crippen LogP contribution is 2.30. The number of amides is 2. The first kappa shape index (κ1) is 24.7. The van der Waals surface area contributed by atoms with Gasteiger partial charge in [0.2, 0.25) is 5.91 Å². The molecule has 180 valence electrons. The van der Waals surface area contributed by atoms with E-state index in [2.05, 4.69) is 27.8 Å². The van der Waals surface area contributed by atoms with Crippen LogP contribution in [0.2, 0.25) is 10.0 Å². The van der Waals surface area contributed by atoms with E-state index in [0.717, 1.165) is 23.1 Å². The zero-order valence-corrected chi connectivity index (χ0v) is 20.6. The van der Waals surface area contributed by atoms with Gasteiger partial charge in [-0.25, -0.2) is 0 Å². The van der Waals surface area contributed by atoms with Crippen molar-refractivity contribution in [1.29, 1.82) is 0 Å². The second kappa shape index (κ2) is 10.9. The molecule has 0 aliphatic rings. The highest BCUT2D eigenvalue weighted by atomic mass is 35.5. The molecule has 0 radical (unpaired) electrons. The molecular formula is C26H25Cl2N5O2. The molecule has 4 rings (SSSR count). The maximum absolute atomic E-state index is 13.1. The molecule has 3 aromatic carbocycles. The fourth-order valence-electron chi connectivity index (χ4n) is 3.83. The van der Waals surface area contributed by atoms with Gasteiger partial charge in [0.1, 0.15) is 0 Å². The Labute approximate surface area is 213 Å². The number of aromatic amines is 1. The van der Waals surface area contributed by atoms with Crippen molar-refractivity contribution >= 4 is 57.4 Å². The van der Waals surface area contributed by atoms with Crippen LogP contribution in [0.1, 0.15) is 40.7 Å².